The summed E-state index contributed by atoms with van der Waals surface area (Å²) >= 11 is 5.88. The van der Waals surface area contributed by atoms with E-state index < -0.39 is 0 Å². The molecular weight excluding hydrogens is 277 g/mol. The molecule has 0 saturated heterocycles. The fraction of sp³-hybridized carbons (Fsp3) is 0.250. The predicted molar refractivity (Wildman–Crippen MR) is 79.7 cm³/mol. The lowest BCUT2D eigenvalue weighted by molar-refractivity contribution is 0.340. The molecule has 0 amide bonds. The maximum Gasteiger partial charge on any atom is 0.126 e. The molecule has 0 radical (unpaired) electrons. The molecule has 20 heavy (non-hydrogen) atoms. The molecule has 2 aromatic rings. The summed E-state index contributed by atoms with van der Waals surface area (Å²) in [4.78, 5) is 0. The van der Waals surface area contributed by atoms with Crippen LogP contribution in [0, 0.1) is 5.82 Å². The van der Waals surface area contributed by atoms with Crippen LogP contribution in [-0.4, -0.2) is 6.61 Å². The van der Waals surface area contributed by atoms with Crippen LogP contribution in [0.2, 0.25) is 5.02 Å². The van der Waals surface area contributed by atoms with Crippen LogP contribution in [0.1, 0.15) is 24.1 Å². The maximum atomic E-state index is 13.7. The Labute approximate surface area is 123 Å². The minimum absolute atomic E-state index is 0.279. The molecule has 1 unspecified atom stereocenters. The van der Waals surface area contributed by atoms with Crippen LogP contribution in [0.25, 0.3) is 0 Å². The van der Waals surface area contributed by atoms with Crippen LogP contribution >= 0.6 is 11.6 Å². The van der Waals surface area contributed by atoms with Gasteiger partial charge in [-0.3, -0.25) is 0 Å². The van der Waals surface area contributed by atoms with Gasteiger partial charge in [-0.15, -0.1) is 0 Å². The lowest BCUT2D eigenvalue weighted by Gasteiger charge is -2.14. The first-order valence-corrected chi connectivity index (χ1v) is 6.90. The number of ether oxygens (including phenoxy) is 1. The summed E-state index contributed by atoms with van der Waals surface area (Å²) in [6.45, 7) is 2.56. The van der Waals surface area contributed by atoms with Crippen LogP contribution in [0.5, 0.6) is 5.75 Å². The number of rotatable bonds is 5. The second-order valence-corrected chi connectivity index (χ2v) is 4.98. The molecule has 2 rings (SSSR count). The molecule has 2 nitrogen and oxygen atoms in total. The molecule has 2 N–H and O–H groups in total. The second-order valence-electron chi connectivity index (χ2n) is 4.55. The Bertz CT molecular complexity index is 571. The van der Waals surface area contributed by atoms with Gasteiger partial charge >= 0.3 is 0 Å². The fourth-order valence-electron chi connectivity index (χ4n) is 2.03. The molecule has 0 aliphatic heterocycles. The van der Waals surface area contributed by atoms with Crippen molar-refractivity contribution in [2.45, 2.75) is 19.4 Å². The zero-order valence-electron chi connectivity index (χ0n) is 11.3. The molecule has 0 spiro atoms. The van der Waals surface area contributed by atoms with Gasteiger partial charge in [0.05, 0.1) is 6.61 Å². The first-order valence-electron chi connectivity index (χ1n) is 6.52. The molecule has 0 heterocycles. The van der Waals surface area contributed by atoms with Gasteiger partial charge in [0.15, 0.2) is 0 Å². The molecule has 0 aliphatic rings. The van der Waals surface area contributed by atoms with Crippen LogP contribution in [0.4, 0.5) is 4.39 Å². The zero-order valence-corrected chi connectivity index (χ0v) is 12.0. The quantitative estimate of drug-likeness (QED) is 0.900. The minimum Gasteiger partial charge on any atom is -0.494 e. The monoisotopic (exact) mass is 293 g/mol. The number of hydrogen-bond donors (Lipinski definition) is 1. The highest BCUT2D eigenvalue weighted by Gasteiger charge is 2.11. The van der Waals surface area contributed by atoms with E-state index in [1.807, 2.05) is 31.2 Å². The topological polar surface area (TPSA) is 35.2 Å². The summed E-state index contributed by atoms with van der Waals surface area (Å²) in [5.74, 6) is 0.521. The average Bonchev–Trinajstić information content (AvgIpc) is 2.44. The van der Waals surface area contributed by atoms with Crippen molar-refractivity contribution in [3.8, 4) is 5.75 Å². The van der Waals surface area contributed by atoms with E-state index in [4.69, 9.17) is 22.1 Å². The maximum absolute atomic E-state index is 13.7. The van der Waals surface area contributed by atoms with Gasteiger partial charge in [-0.25, -0.2) is 4.39 Å². The van der Waals surface area contributed by atoms with Crippen molar-refractivity contribution < 1.29 is 9.13 Å². The Kier molecular flexibility index (Phi) is 4.99. The average molecular weight is 294 g/mol. The fourth-order valence-corrected chi connectivity index (χ4v) is 2.23. The Morgan fingerprint density at radius 1 is 1.20 bits per heavy atom. The van der Waals surface area contributed by atoms with Crippen molar-refractivity contribution in [1.82, 2.24) is 0 Å². The summed E-state index contributed by atoms with van der Waals surface area (Å²) in [5, 5.41) is 0.514. The summed E-state index contributed by atoms with van der Waals surface area (Å²) in [7, 11) is 0. The normalized spacial score (nSPS) is 12.2. The van der Waals surface area contributed by atoms with Crippen molar-refractivity contribution in [3.05, 3.63) is 64.4 Å². The summed E-state index contributed by atoms with van der Waals surface area (Å²) < 4.78 is 19.1. The van der Waals surface area contributed by atoms with Gasteiger partial charge in [0.2, 0.25) is 0 Å². The van der Waals surface area contributed by atoms with E-state index in [0.29, 0.717) is 23.6 Å². The first-order chi connectivity index (χ1) is 9.60. The molecule has 0 bridgehead atoms. The van der Waals surface area contributed by atoms with Gasteiger partial charge in [0.25, 0.3) is 0 Å². The van der Waals surface area contributed by atoms with Crippen LogP contribution in [0.3, 0.4) is 0 Å². The Morgan fingerprint density at radius 3 is 2.55 bits per heavy atom. The van der Waals surface area contributed by atoms with Gasteiger partial charge in [0.1, 0.15) is 11.6 Å². The van der Waals surface area contributed by atoms with Crippen molar-refractivity contribution in [1.29, 1.82) is 0 Å². The smallest absolute Gasteiger partial charge is 0.126 e. The van der Waals surface area contributed by atoms with Gasteiger partial charge < -0.3 is 10.5 Å². The lowest BCUT2D eigenvalue weighted by Crippen LogP contribution is -2.14. The summed E-state index contributed by atoms with van der Waals surface area (Å²) in [6, 6.07) is 11.8. The number of nitrogens with two attached hydrogens (primary N) is 1. The molecule has 0 aromatic heterocycles. The third-order valence-corrected chi connectivity index (χ3v) is 3.30. The van der Waals surface area contributed by atoms with Crippen molar-refractivity contribution in [2.24, 2.45) is 5.73 Å². The molecular formula is C16H17ClFNO. The van der Waals surface area contributed by atoms with Crippen LogP contribution in [-0.2, 0) is 6.42 Å². The predicted octanol–water partition coefficient (Wildman–Crippen LogP) is 4.12. The SMILES string of the molecule is CCOc1ccc(C(N)Cc2cc(Cl)ccc2F)cc1. The number of benzene rings is 2. The van der Waals surface area contributed by atoms with E-state index in [1.165, 1.54) is 12.1 Å². The van der Waals surface area contributed by atoms with E-state index >= 15 is 0 Å². The van der Waals surface area contributed by atoms with Crippen molar-refractivity contribution in [3.63, 3.8) is 0 Å². The van der Waals surface area contributed by atoms with Gasteiger partial charge in [-0.1, -0.05) is 23.7 Å². The summed E-state index contributed by atoms with van der Waals surface area (Å²) in [6.07, 6.45) is 0.403. The molecule has 4 heteroatoms. The second kappa shape index (κ2) is 6.73. The first kappa shape index (κ1) is 14.8. The molecule has 0 saturated carbocycles. The lowest BCUT2D eigenvalue weighted by atomic mass is 9.99. The highest BCUT2D eigenvalue weighted by atomic mass is 35.5. The molecule has 1 atom stereocenters. The largest absolute Gasteiger partial charge is 0.494 e. The Morgan fingerprint density at radius 2 is 1.90 bits per heavy atom. The minimum atomic E-state index is -0.282. The van der Waals surface area contributed by atoms with Crippen molar-refractivity contribution >= 4 is 11.6 Å². The Balaban J connectivity index is 2.11. The van der Waals surface area contributed by atoms with E-state index in [1.54, 1.807) is 6.07 Å². The van der Waals surface area contributed by atoms with Crippen LogP contribution < -0.4 is 10.5 Å². The van der Waals surface area contributed by atoms with Crippen molar-refractivity contribution in [2.75, 3.05) is 6.61 Å². The number of halogens is 2. The van der Waals surface area contributed by atoms with E-state index in [2.05, 4.69) is 0 Å². The van der Waals surface area contributed by atoms with Gasteiger partial charge in [-0.05, 0) is 54.8 Å². The van der Waals surface area contributed by atoms with Gasteiger partial charge in [-0.2, -0.15) is 0 Å². The van der Waals surface area contributed by atoms with E-state index in [-0.39, 0.29) is 11.9 Å². The van der Waals surface area contributed by atoms with Gasteiger partial charge in [0, 0.05) is 11.1 Å². The summed E-state index contributed by atoms with van der Waals surface area (Å²) in [5.41, 5.74) is 7.58. The highest BCUT2D eigenvalue weighted by molar-refractivity contribution is 6.30. The third-order valence-electron chi connectivity index (χ3n) is 3.07. The number of hydrogen-bond acceptors (Lipinski definition) is 2. The molecule has 106 valence electrons. The molecule has 2 aromatic carbocycles. The zero-order chi connectivity index (χ0) is 14.5. The van der Waals surface area contributed by atoms with E-state index in [9.17, 15) is 4.39 Å². The Hall–Kier alpha value is -1.58. The van der Waals surface area contributed by atoms with Crippen LogP contribution in [0.15, 0.2) is 42.5 Å². The standard InChI is InChI=1S/C16H17ClFNO/c1-2-20-14-6-3-11(4-7-14)16(19)10-12-9-13(17)5-8-15(12)18/h3-9,16H,2,10,19H2,1H3. The third kappa shape index (κ3) is 3.71. The van der Waals surface area contributed by atoms with E-state index in [0.717, 1.165) is 11.3 Å². The molecule has 0 aliphatic carbocycles. The molecule has 0 fully saturated rings. The highest BCUT2D eigenvalue weighted by Crippen LogP contribution is 2.22.